The Labute approximate surface area is 156 Å². The molecule has 138 valence electrons. The number of para-hydroxylation sites is 1. The number of amides is 1. The summed E-state index contributed by atoms with van der Waals surface area (Å²) < 4.78 is 5.65. The molecule has 26 heavy (non-hydrogen) atoms. The van der Waals surface area contributed by atoms with Crippen molar-refractivity contribution in [2.24, 2.45) is 0 Å². The smallest absolute Gasteiger partial charge is 0.261 e. The first kappa shape index (κ1) is 18.5. The summed E-state index contributed by atoms with van der Waals surface area (Å²) in [7, 11) is 0. The molecule has 3 rings (SSSR count). The number of ether oxygens (including phenoxy) is 1. The van der Waals surface area contributed by atoms with Gasteiger partial charge in [0.05, 0.1) is 0 Å². The summed E-state index contributed by atoms with van der Waals surface area (Å²) in [6, 6.07) is 17.9. The summed E-state index contributed by atoms with van der Waals surface area (Å²) in [5, 5.41) is 2.95. The largest absolute Gasteiger partial charge is 0.481 e. The standard InChI is InChI=1S/C22H28N2O2/c1-18(26-21-8-4-2-5-9-21)22(25)23-16-19-10-12-20(13-11-19)17-24-14-6-3-7-15-24/h2,4-5,8-13,18H,3,6-7,14-17H2,1H3,(H,23,25). The van der Waals surface area contributed by atoms with Gasteiger partial charge in [-0.3, -0.25) is 9.69 Å². The first-order chi connectivity index (χ1) is 12.7. The number of nitrogens with one attached hydrogen (secondary N) is 1. The monoisotopic (exact) mass is 352 g/mol. The zero-order valence-corrected chi connectivity index (χ0v) is 15.5. The molecule has 1 fully saturated rings. The lowest BCUT2D eigenvalue weighted by molar-refractivity contribution is -0.127. The van der Waals surface area contributed by atoms with E-state index in [-0.39, 0.29) is 5.91 Å². The first-order valence-electron chi connectivity index (χ1n) is 9.50. The van der Waals surface area contributed by atoms with Gasteiger partial charge in [-0.2, -0.15) is 0 Å². The minimum absolute atomic E-state index is 0.105. The fourth-order valence-corrected chi connectivity index (χ4v) is 3.23. The number of carbonyl (C=O) groups is 1. The SMILES string of the molecule is CC(Oc1ccccc1)C(=O)NCc1ccc(CN2CCCCC2)cc1. The highest BCUT2D eigenvalue weighted by molar-refractivity contribution is 5.80. The van der Waals surface area contributed by atoms with Crippen LogP contribution in [-0.4, -0.2) is 30.0 Å². The second kappa shape index (κ2) is 9.39. The van der Waals surface area contributed by atoms with Crippen molar-refractivity contribution in [3.63, 3.8) is 0 Å². The number of benzene rings is 2. The average molecular weight is 352 g/mol. The number of hydrogen-bond acceptors (Lipinski definition) is 3. The van der Waals surface area contributed by atoms with Gasteiger partial charge in [0, 0.05) is 13.1 Å². The number of nitrogens with zero attached hydrogens (tertiary/aromatic N) is 1. The Morgan fingerprint density at radius 2 is 1.65 bits per heavy atom. The summed E-state index contributed by atoms with van der Waals surface area (Å²) in [5.41, 5.74) is 2.44. The number of hydrogen-bond donors (Lipinski definition) is 1. The van der Waals surface area contributed by atoms with Gasteiger partial charge in [0.1, 0.15) is 5.75 Å². The maximum atomic E-state index is 12.2. The van der Waals surface area contributed by atoms with Gasteiger partial charge >= 0.3 is 0 Å². The Balaban J connectivity index is 1.44. The number of likely N-dealkylation sites (tertiary alicyclic amines) is 1. The molecular weight excluding hydrogens is 324 g/mol. The predicted octanol–water partition coefficient (Wildman–Crippen LogP) is 3.76. The van der Waals surface area contributed by atoms with Gasteiger partial charge in [-0.15, -0.1) is 0 Å². The fraction of sp³-hybridized carbons (Fsp3) is 0.409. The second-order valence-electron chi connectivity index (χ2n) is 6.94. The second-order valence-corrected chi connectivity index (χ2v) is 6.94. The predicted molar refractivity (Wildman–Crippen MR) is 104 cm³/mol. The van der Waals surface area contributed by atoms with E-state index < -0.39 is 6.10 Å². The van der Waals surface area contributed by atoms with Crippen LogP contribution < -0.4 is 10.1 Å². The molecular formula is C22H28N2O2. The van der Waals surface area contributed by atoms with Gasteiger partial charge in [0.2, 0.25) is 0 Å². The highest BCUT2D eigenvalue weighted by Gasteiger charge is 2.14. The van der Waals surface area contributed by atoms with E-state index in [1.165, 1.54) is 37.9 Å². The van der Waals surface area contributed by atoms with Gasteiger partial charge in [0.25, 0.3) is 5.91 Å². The van der Waals surface area contributed by atoms with E-state index in [2.05, 4.69) is 34.5 Å². The Morgan fingerprint density at radius 1 is 1.00 bits per heavy atom. The molecule has 1 unspecified atom stereocenters. The summed E-state index contributed by atoms with van der Waals surface area (Å²) in [6.45, 7) is 5.72. The lowest BCUT2D eigenvalue weighted by Crippen LogP contribution is -2.35. The molecule has 1 atom stereocenters. The first-order valence-corrected chi connectivity index (χ1v) is 9.50. The number of rotatable bonds is 7. The zero-order chi connectivity index (χ0) is 18.2. The maximum absolute atomic E-state index is 12.2. The molecule has 1 N–H and O–H groups in total. The Bertz CT molecular complexity index is 679. The van der Waals surface area contributed by atoms with Crippen molar-refractivity contribution < 1.29 is 9.53 Å². The third-order valence-corrected chi connectivity index (χ3v) is 4.77. The summed E-state index contributed by atoms with van der Waals surface area (Å²) in [6.07, 6.45) is 3.47. The van der Waals surface area contributed by atoms with Crippen LogP contribution in [0.25, 0.3) is 0 Å². The van der Waals surface area contributed by atoms with Crippen molar-refractivity contribution in [1.29, 1.82) is 0 Å². The molecule has 1 aliphatic heterocycles. The molecule has 2 aromatic carbocycles. The molecule has 1 saturated heterocycles. The fourth-order valence-electron chi connectivity index (χ4n) is 3.23. The molecule has 0 saturated carbocycles. The van der Waals surface area contributed by atoms with Crippen molar-refractivity contribution in [2.45, 2.75) is 45.4 Å². The Morgan fingerprint density at radius 3 is 2.35 bits per heavy atom. The number of piperidine rings is 1. The van der Waals surface area contributed by atoms with Gasteiger partial charge in [-0.25, -0.2) is 0 Å². The van der Waals surface area contributed by atoms with E-state index in [9.17, 15) is 4.79 Å². The maximum Gasteiger partial charge on any atom is 0.261 e. The Hall–Kier alpha value is -2.33. The summed E-state index contributed by atoms with van der Waals surface area (Å²) >= 11 is 0. The van der Waals surface area contributed by atoms with Crippen LogP contribution in [-0.2, 0) is 17.9 Å². The van der Waals surface area contributed by atoms with Gasteiger partial charge in [0.15, 0.2) is 6.10 Å². The quantitative estimate of drug-likeness (QED) is 0.825. The van der Waals surface area contributed by atoms with E-state index in [0.29, 0.717) is 12.3 Å². The van der Waals surface area contributed by atoms with Crippen LogP contribution >= 0.6 is 0 Å². The van der Waals surface area contributed by atoms with Gasteiger partial charge in [-0.1, -0.05) is 48.9 Å². The molecule has 1 heterocycles. The van der Waals surface area contributed by atoms with Crippen LogP contribution in [0.1, 0.15) is 37.3 Å². The molecule has 0 radical (unpaired) electrons. The van der Waals surface area contributed by atoms with E-state index in [4.69, 9.17) is 4.74 Å². The van der Waals surface area contributed by atoms with Crippen molar-refractivity contribution in [2.75, 3.05) is 13.1 Å². The lowest BCUT2D eigenvalue weighted by Gasteiger charge is -2.26. The average Bonchev–Trinajstić information content (AvgIpc) is 2.69. The third-order valence-electron chi connectivity index (χ3n) is 4.77. The lowest BCUT2D eigenvalue weighted by atomic mass is 10.1. The molecule has 0 aromatic heterocycles. The van der Waals surface area contributed by atoms with Crippen molar-refractivity contribution in [3.05, 3.63) is 65.7 Å². The van der Waals surface area contributed by atoms with Crippen LogP contribution in [0, 0.1) is 0 Å². The van der Waals surface area contributed by atoms with E-state index in [1.807, 2.05) is 30.3 Å². The van der Waals surface area contributed by atoms with Gasteiger partial charge in [-0.05, 0) is 56.1 Å². The topological polar surface area (TPSA) is 41.6 Å². The van der Waals surface area contributed by atoms with Crippen LogP contribution in [0.3, 0.4) is 0 Å². The molecule has 1 aliphatic rings. The zero-order valence-electron chi connectivity index (χ0n) is 15.5. The van der Waals surface area contributed by atoms with Crippen molar-refractivity contribution >= 4 is 5.91 Å². The molecule has 0 spiro atoms. The molecule has 0 aliphatic carbocycles. The van der Waals surface area contributed by atoms with E-state index in [1.54, 1.807) is 6.92 Å². The highest BCUT2D eigenvalue weighted by Crippen LogP contribution is 2.14. The molecule has 4 nitrogen and oxygen atoms in total. The van der Waals surface area contributed by atoms with Gasteiger partial charge < -0.3 is 10.1 Å². The van der Waals surface area contributed by atoms with E-state index >= 15 is 0 Å². The van der Waals surface area contributed by atoms with E-state index in [0.717, 1.165) is 12.1 Å². The summed E-state index contributed by atoms with van der Waals surface area (Å²) in [5.74, 6) is 0.600. The van der Waals surface area contributed by atoms with Crippen LogP contribution in [0.5, 0.6) is 5.75 Å². The summed E-state index contributed by atoms with van der Waals surface area (Å²) in [4.78, 5) is 14.7. The van der Waals surface area contributed by atoms with Crippen LogP contribution in [0.15, 0.2) is 54.6 Å². The van der Waals surface area contributed by atoms with Crippen LogP contribution in [0.2, 0.25) is 0 Å². The molecule has 1 amide bonds. The van der Waals surface area contributed by atoms with Crippen LogP contribution in [0.4, 0.5) is 0 Å². The van der Waals surface area contributed by atoms with Crippen molar-refractivity contribution in [1.82, 2.24) is 10.2 Å². The third kappa shape index (κ3) is 5.60. The minimum Gasteiger partial charge on any atom is -0.481 e. The molecule has 0 bridgehead atoms. The normalized spacial score (nSPS) is 16.0. The Kier molecular flexibility index (Phi) is 6.67. The van der Waals surface area contributed by atoms with Crippen molar-refractivity contribution in [3.8, 4) is 5.75 Å². The minimum atomic E-state index is -0.518. The number of carbonyl (C=O) groups excluding carboxylic acids is 1. The molecule has 2 aromatic rings. The highest BCUT2D eigenvalue weighted by atomic mass is 16.5. The molecule has 4 heteroatoms.